The third-order valence-corrected chi connectivity index (χ3v) is 3.78. The van der Waals surface area contributed by atoms with Crippen molar-refractivity contribution in [2.75, 3.05) is 6.54 Å². The van der Waals surface area contributed by atoms with Gasteiger partial charge in [0.25, 0.3) is 0 Å². The number of nitrogens with zero attached hydrogens (tertiary/aromatic N) is 3. The number of urea groups is 1. The minimum atomic E-state index is -0.487. The number of hydrogen-bond acceptors (Lipinski definition) is 4. The second kappa shape index (κ2) is 5.09. The number of carbonyl (C=O) groups is 1. The molecule has 0 spiro atoms. The summed E-state index contributed by atoms with van der Waals surface area (Å²) < 4.78 is 0. The number of primary amides is 1. The van der Waals surface area contributed by atoms with Gasteiger partial charge in [0.1, 0.15) is 11.4 Å². The van der Waals surface area contributed by atoms with Crippen LogP contribution >= 0.6 is 0 Å². The maximum Gasteiger partial charge on any atom is 0.317 e. The first-order chi connectivity index (χ1) is 10.1. The molecule has 0 radical (unpaired) electrons. The number of hydrogen-bond donors (Lipinski definition) is 1. The Morgan fingerprint density at radius 2 is 2.29 bits per heavy atom. The van der Waals surface area contributed by atoms with Gasteiger partial charge in [0.2, 0.25) is 6.23 Å². The van der Waals surface area contributed by atoms with Crippen molar-refractivity contribution < 1.29 is 9.63 Å². The summed E-state index contributed by atoms with van der Waals surface area (Å²) in [6, 6.07) is 5.19. The molecule has 3 rings (SSSR count). The lowest BCUT2D eigenvalue weighted by Crippen LogP contribution is -2.41. The van der Waals surface area contributed by atoms with Crippen LogP contribution in [0.15, 0.2) is 23.4 Å². The number of oxime groups is 1. The number of pyridine rings is 1. The van der Waals surface area contributed by atoms with Crippen LogP contribution in [-0.2, 0) is 4.84 Å². The molecule has 3 heterocycles. The Balaban J connectivity index is 1.81. The van der Waals surface area contributed by atoms with Gasteiger partial charge in [-0.15, -0.1) is 0 Å². The predicted molar refractivity (Wildman–Crippen MR) is 77.1 cm³/mol. The summed E-state index contributed by atoms with van der Waals surface area (Å²) in [5.41, 5.74) is 7.61. The molecule has 2 amide bonds. The summed E-state index contributed by atoms with van der Waals surface area (Å²) in [5, 5.41) is 4.01. The van der Waals surface area contributed by atoms with E-state index in [4.69, 9.17) is 10.6 Å². The SMILES string of the molecule is Cc1cccc(C#CC2=NOC3C2C(C)CN3C(N)=O)n1. The molecule has 2 N–H and O–H groups in total. The molecule has 108 valence electrons. The average molecular weight is 284 g/mol. The van der Waals surface area contributed by atoms with Gasteiger partial charge in [0.05, 0.1) is 5.92 Å². The summed E-state index contributed by atoms with van der Waals surface area (Å²) in [6.45, 7) is 4.52. The Kier molecular flexibility index (Phi) is 3.26. The molecule has 3 atom stereocenters. The Bertz CT molecular complexity index is 674. The molecule has 1 aromatic rings. The van der Waals surface area contributed by atoms with Crippen LogP contribution in [0.4, 0.5) is 4.79 Å². The highest BCUT2D eigenvalue weighted by Crippen LogP contribution is 2.35. The molecular weight excluding hydrogens is 268 g/mol. The van der Waals surface area contributed by atoms with Crippen molar-refractivity contribution in [3.63, 3.8) is 0 Å². The number of aryl methyl sites for hydroxylation is 1. The topological polar surface area (TPSA) is 80.8 Å². The van der Waals surface area contributed by atoms with Crippen LogP contribution in [0.5, 0.6) is 0 Å². The van der Waals surface area contributed by atoms with Gasteiger partial charge in [-0.3, -0.25) is 4.90 Å². The van der Waals surface area contributed by atoms with E-state index < -0.39 is 12.3 Å². The Labute approximate surface area is 123 Å². The molecule has 1 fully saturated rings. The summed E-state index contributed by atoms with van der Waals surface area (Å²) in [5.74, 6) is 6.21. The van der Waals surface area contributed by atoms with Crippen molar-refractivity contribution in [2.24, 2.45) is 22.7 Å². The van der Waals surface area contributed by atoms with E-state index >= 15 is 0 Å². The van der Waals surface area contributed by atoms with E-state index in [9.17, 15) is 4.79 Å². The van der Waals surface area contributed by atoms with E-state index in [0.717, 1.165) is 5.69 Å². The van der Waals surface area contributed by atoms with Crippen molar-refractivity contribution in [3.05, 3.63) is 29.6 Å². The van der Waals surface area contributed by atoms with Gasteiger partial charge in [-0.1, -0.05) is 18.1 Å². The molecule has 3 unspecified atom stereocenters. The smallest absolute Gasteiger partial charge is 0.317 e. The Morgan fingerprint density at radius 1 is 1.48 bits per heavy atom. The summed E-state index contributed by atoms with van der Waals surface area (Å²) in [7, 11) is 0. The van der Waals surface area contributed by atoms with Gasteiger partial charge >= 0.3 is 6.03 Å². The fourth-order valence-electron chi connectivity index (χ4n) is 2.76. The number of rotatable bonds is 0. The van der Waals surface area contributed by atoms with Crippen molar-refractivity contribution >= 4 is 11.7 Å². The monoisotopic (exact) mass is 284 g/mol. The number of carbonyl (C=O) groups excluding carboxylic acids is 1. The first kappa shape index (κ1) is 13.4. The van der Waals surface area contributed by atoms with Crippen molar-refractivity contribution in [1.29, 1.82) is 0 Å². The van der Waals surface area contributed by atoms with Crippen LogP contribution in [0.3, 0.4) is 0 Å². The predicted octanol–water partition coefficient (Wildman–Crippen LogP) is 1.10. The van der Waals surface area contributed by atoms with E-state index in [0.29, 0.717) is 18.0 Å². The molecule has 6 heteroatoms. The number of fused-ring (bicyclic) bond motifs is 1. The van der Waals surface area contributed by atoms with Crippen LogP contribution in [0.25, 0.3) is 0 Å². The largest absolute Gasteiger partial charge is 0.369 e. The van der Waals surface area contributed by atoms with E-state index in [1.165, 1.54) is 4.90 Å². The maximum atomic E-state index is 11.4. The van der Waals surface area contributed by atoms with Gasteiger partial charge in [-0.2, -0.15) is 0 Å². The van der Waals surface area contributed by atoms with Gasteiger partial charge in [0.15, 0.2) is 0 Å². The maximum absolute atomic E-state index is 11.4. The fraction of sp³-hybridized carbons (Fsp3) is 0.400. The molecule has 1 aromatic heterocycles. The second-order valence-electron chi connectivity index (χ2n) is 5.38. The van der Waals surface area contributed by atoms with Gasteiger partial charge in [-0.25, -0.2) is 9.78 Å². The molecule has 0 saturated carbocycles. The molecule has 0 aromatic carbocycles. The molecule has 1 saturated heterocycles. The number of aromatic nitrogens is 1. The zero-order chi connectivity index (χ0) is 15.0. The van der Waals surface area contributed by atoms with E-state index in [-0.39, 0.29) is 11.8 Å². The number of amides is 2. The number of likely N-dealkylation sites (tertiary alicyclic amines) is 1. The molecule has 2 aliphatic rings. The normalized spacial score (nSPS) is 26.5. The highest BCUT2D eigenvalue weighted by molar-refractivity contribution is 6.04. The molecule has 0 aliphatic carbocycles. The molecule has 2 aliphatic heterocycles. The van der Waals surface area contributed by atoms with E-state index in [1.807, 2.05) is 32.0 Å². The van der Waals surface area contributed by atoms with Crippen LogP contribution < -0.4 is 5.73 Å². The standard InChI is InChI=1S/C15H16N4O2/c1-9-8-19(15(16)20)14-13(9)12(18-21-14)7-6-11-5-3-4-10(2)17-11/h3-5,9,13-14H,8H2,1-2H3,(H2,16,20). The zero-order valence-corrected chi connectivity index (χ0v) is 11.9. The van der Waals surface area contributed by atoms with Gasteiger partial charge in [0, 0.05) is 12.2 Å². The van der Waals surface area contributed by atoms with Gasteiger partial charge in [-0.05, 0) is 36.8 Å². The highest BCUT2D eigenvalue weighted by atomic mass is 16.7. The quantitative estimate of drug-likeness (QED) is 0.724. The molecular formula is C15H16N4O2. The zero-order valence-electron chi connectivity index (χ0n) is 11.9. The van der Waals surface area contributed by atoms with Gasteiger partial charge < -0.3 is 10.6 Å². The van der Waals surface area contributed by atoms with Crippen LogP contribution in [0, 0.1) is 30.6 Å². The fourth-order valence-corrected chi connectivity index (χ4v) is 2.76. The van der Waals surface area contributed by atoms with Crippen LogP contribution in [-0.4, -0.2) is 34.4 Å². The van der Waals surface area contributed by atoms with Crippen molar-refractivity contribution in [3.8, 4) is 11.8 Å². The lowest BCUT2D eigenvalue weighted by molar-refractivity contribution is -0.00495. The first-order valence-electron chi connectivity index (χ1n) is 6.81. The highest BCUT2D eigenvalue weighted by Gasteiger charge is 2.49. The lowest BCUT2D eigenvalue weighted by atomic mass is 9.92. The Hall–Kier alpha value is -2.55. The van der Waals surface area contributed by atoms with Crippen LogP contribution in [0.2, 0.25) is 0 Å². The first-order valence-corrected chi connectivity index (χ1v) is 6.81. The molecule has 21 heavy (non-hydrogen) atoms. The second-order valence-corrected chi connectivity index (χ2v) is 5.38. The molecule has 6 nitrogen and oxygen atoms in total. The summed E-state index contributed by atoms with van der Waals surface area (Å²) in [6.07, 6.45) is -0.424. The van der Waals surface area contributed by atoms with Crippen LogP contribution in [0.1, 0.15) is 18.3 Å². The van der Waals surface area contributed by atoms with Crippen molar-refractivity contribution in [2.45, 2.75) is 20.1 Å². The third-order valence-electron chi connectivity index (χ3n) is 3.78. The third kappa shape index (κ3) is 2.42. The summed E-state index contributed by atoms with van der Waals surface area (Å²) in [4.78, 5) is 22.5. The minimum Gasteiger partial charge on any atom is -0.369 e. The number of nitrogens with two attached hydrogens (primary N) is 1. The lowest BCUT2D eigenvalue weighted by Gasteiger charge is -2.18. The Morgan fingerprint density at radius 3 is 3.00 bits per heavy atom. The summed E-state index contributed by atoms with van der Waals surface area (Å²) >= 11 is 0. The molecule has 0 bridgehead atoms. The minimum absolute atomic E-state index is 0.0187. The van der Waals surface area contributed by atoms with Crippen molar-refractivity contribution in [1.82, 2.24) is 9.88 Å². The average Bonchev–Trinajstić information content (AvgIpc) is 2.98. The van der Waals surface area contributed by atoms with E-state index in [1.54, 1.807) is 0 Å². The van der Waals surface area contributed by atoms with E-state index in [2.05, 4.69) is 22.0 Å².